The van der Waals surface area contributed by atoms with E-state index < -0.39 is 17.0 Å². The third-order valence-corrected chi connectivity index (χ3v) is 5.58. The topological polar surface area (TPSA) is 42.0 Å². The normalized spacial score (nSPS) is 31.1. The van der Waals surface area contributed by atoms with Crippen LogP contribution < -0.4 is 5.32 Å². The van der Waals surface area contributed by atoms with Gasteiger partial charge in [-0.1, -0.05) is 0 Å². The second-order valence-electron chi connectivity index (χ2n) is 6.65. The molecule has 1 amide bonds. The molecule has 3 aliphatic rings. The van der Waals surface area contributed by atoms with Crippen molar-refractivity contribution in [2.24, 2.45) is 10.8 Å². The molecule has 3 saturated carbocycles. The Balaban J connectivity index is 1.75. The first kappa shape index (κ1) is 15.3. The van der Waals surface area contributed by atoms with Crippen LogP contribution in [0.2, 0.25) is 0 Å². The van der Waals surface area contributed by atoms with Gasteiger partial charge < -0.3 is 5.32 Å². The maximum Gasteiger partial charge on any atom is 0.394 e. The molecule has 0 radical (unpaired) electrons. The lowest BCUT2D eigenvalue weighted by molar-refractivity contribution is -0.258. The molecule has 6 heteroatoms. The summed E-state index contributed by atoms with van der Waals surface area (Å²) in [6.07, 6.45) is -1.37. The van der Waals surface area contributed by atoms with Gasteiger partial charge in [0, 0.05) is 11.6 Å². The van der Waals surface area contributed by atoms with E-state index in [0.717, 1.165) is 0 Å². The molecular formula is C16H19F3N2O. The number of halogens is 3. The number of pyridine rings is 1. The van der Waals surface area contributed by atoms with Crippen LogP contribution in [0.15, 0.2) is 18.3 Å². The second kappa shape index (κ2) is 4.96. The van der Waals surface area contributed by atoms with Crippen LogP contribution in [0.1, 0.15) is 44.2 Å². The summed E-state index contributed by atoms with van der Waals surface area (Å²) in [5.74, 6) is -0.154. The van der Waals surface area contributed by atoms with Gasteiger partial charge in [0.1, 0.15) is 0 Å². The molecule has 3 nitrogen and oxygen atoms in total. The highest BCUT2D eigenvalue weighted by atomic mass is 19.4. The summed E-state index contributed by atoms with van der Waals surface area (Å²) in [5.41, 5.74) is -0.849. The predicted octanol–water partition coefficient (Wildman–Crippen LogP) is 4.23. The Bertz CT molecular complexity index is 573. The molecule has 0 spiro atoms. The van der Waals surface area contributed by atoms with Crippen molar-refractivity contribution in [1.29, 1.82) is 0 Å². The number of rotatable bonds is 2. The first-order valence-electron chi connectivity index (χ1n) is 7.58. The molecule has 1 heterocycles. The number of hydrogen-bond acceptors (Lipinski definition) is 2. The first-order valence-corrected chi connectivity index (χ1v) is 7.58. The fourth-order valence-electron chi connectivity index (χ4n) is 3.82. The van der Waals surface area contributed by atoms with Gasteiger partial charge in [-0.2, -0.15) is 13.2 Å². The summed E-state index contributed by atoms with van der Waals surface area (Å²) in [4.78, 5) is 16.7. The molecule has 0 atom stereocenters. The number of fused-ring (bicyclic) bond motifs is 3. The maximum atomic E-state index is 13.2. The van der Waals surface area contributed by atoms with Crippen molar-refractivity contribution in [3.8, 4) is 0 Å². The number of alkyl halides is 3. The van der Waals surface area contributed by atoms with Gasteiger partial charge in [0.15, 0.2) is 0 Å². The molecule has 4 rings (SSSR count). The molecule has 0 unspecified atom stereocenters. The van der Waals surface area contributed by atoms with Crippen LogP contribution in [-0.4, -0.2) is 17.1 Å². The number of aryl methyl sites for hydroxylation is 1. The zero-order chi connectivity index (χ0) is 16.0. The van der Waals surface area contributed by atoms with Gasteiger partial charge in [0.2, 0.25) is 5.91 Å². The summed E-state index contributed by atoms with van der Waals surface area (Å²) in [5, 5.41) is 2.86. The summed E-state index contributed by atoms with van der Waals surface area (Å²) in [6, 6.07) is 3.50. The number of aromatic nitrogens is 1. The van der Waals surface area contributed by atoms with E-state index in [1.807, 2.05) is 0 Å². The van der Waals surface area contributed by atoms with E-state index in [9.17, 15) is 18.0 Å². The summed E-state index contributed by atoms with van der Waals surface area (Å²) in [6.45, 7) is 1.80. The Morgan fingerprint density at radius 1 is 1.18 bits per heavy atom. The highest BCUT2D eigenvalue weighted by Gasteiger charge is 2.62. The third-order valence-electron chi connectivity index (χ3n) is 5.58. The van der Waals surface area contributed by atoms with Gasteiger partial charge in [-0.25, -0.2) is 0 Å². The van der Waals surface area contributed by atoms with Crippen molar-refractivity contribution >= 4 is 11.6 Å². The Hall–Kier alpha value is -1.59. The number of amides is 1. The molecule has 3 aliphatic carbocycles. The minimum Gasteiger partial charge on any atom is -0.324 e. The van der Waals surface area contributed by atoms with Gasteiger partial charge >= 0.3 is 6.18 Å². The van der Waals surface area contributed by atoms with E-state index in [1.165, 1.54) is 0 Å². The van der Waals surface area contributed by atoms with E-state index in [2.05, 4.69) is 10.3 Å². The average Bonchev–Trinajstić information content (AvgIpc) is 2.50. The standard InChI is InChI=1S/C16H19F3N2O/c1-11-12(3-2-10-20-11)21-13(22)14-4-7-15(8-5-14,9-6-14)16(17,18)19/h2-3,10H,4-9H2,1H3,(H,21,22). The predicted molar refractivity (Wildman–Crippen MR) is 76.2 cm³/mol. The first-order chi connectivity index (χ1) is 10.3. The lowest BCUT2D eigenvalue weighted by Gasteiger charge is -2.52. The number of carbonyl (C=O) groups is 1. The van der Waals surface area contributed by atoms with Crippen molar-refractivity contribution in [2.75, 3.05) is 5.32 Å². The molecule has 3 fully saturated rings. The van der Waals surface area contributed by atoms with E-state index in [0.29, 0.717) is 30.6 Å². The van der Waals surface area contributed by atoms with E-state index in [-0.39, 0.29) is 25.2 Å². The van der Waals surface area contributed by atoms with Crippen molar-refractivity contribution < 1.29 is 18.0 Å². The van der Waals surface area contributed by atoms with E-state index >= 15 is 0 Å². The monoisotopic (exact) mass is 312 g/mol. The molecule has 1 aromatic heterocycles. The molecule has 120 valence electrons. The molecule has 0 saturated heterocycles. The van der Waals surface area contributed by atoms with Gasteiger partial charge in [-0.3, -0.25) is 9.78 Å². The van der Waals surface area contributed by atoms with Gasteiger partial charge in [-0.15, -0.1) is 0 Å². The summed E-state index contributed by atoms with van der Waals surface area (Å²) in [7, 11) is 0. The van der Waals surface area contributed by atoms with Crippen LogP contribution in [0.25, 0.3) is 0 Å². The number of anilines is 1. The minimum absolute atomic E-state index is 0.0654. The van der Waals surface area contributed by atoms with Crippen molar-refractivity contribution in [2.45, 2.75) is 51.6 Å². The number of carbonyl (C=O) groups excluding carboxylic acids is 1. The number of nitrogens with one attached hydrogen (secondary N) is 1. The van der Waals surface area contributed by atoms with Crippen molar-refractivity contribution in [3.63, 3.8) is 0 Å². The molecule has 22 heavy (non-hydrogen) atoms. The smallest absolute Gasteiger partial charge is 0.324 e. The van der Waals surface area contributed by atoms with Crippen LogP contribution in [-0.2, 0) is 4.79 Å². The SMILES string of the molecule is Cc1ncccc1NC(=O)C12CCC(C(F)(F)F)(CC1)CC2. The van der Waals surface area contributed by atoms with Crippen LogP contribution in [0, 0.1) is 17.8 Å². The van der Waals surface area contributed by atoms with Crippen LogP contribution in [0.5, 0.6) is 0 Å². The highest BCUT2D eigenvalue weighted by Crippen LogP contribution is 2.62. The molecule has 1 N–H and O–H groups in total. The third kappa shape index (κ3) is 2.29. The fraction of sp³-hybridized carbons (Fsp3) is 0.625. The van der Waals surface area contributed by atoms with Crippen molar-refractivity contribution in [1.82, 2.24) is 4.98 Å². The van der Waals surface area contributed by atoms with Gasteiger partial charge in [0.05, 0.1) is 16.8 Å². The summed E-state index contributed by atoms with van der Waals surface area (Å²) < 4.78 is 39.7. The van der Waals surface area contributed by atoms with Crippen molar-refractivity contribution in [3.05, 3.63) is 24.0 Å². The Morgan fingerprint density at radius 2 is 1.77 bits per heavy atom. The number of nitrogens with zero attached hydrogens (tertiary/aromatic N) is 1. The summed E-state index contributed by atoms with van der Waals surface area (Å²) >= 11 is 0. The van der Waals surface area contributed by atoms with E-state index in [4.69, 9.17) is 0 Å². The zero-order valence-corrected chi connectivity index (χ0v) is 12.5. The maximum absolute atomic E-state index is 13.2. The lowest BCUT2D eigenvalue weighted by atomic mass is 9.53. The van der Waals surface area contributed by atoms with E-state index in [1.54, 1.807) is 25.3 Å². The van der Waals surface area contributed by atoms with Gasteiger partial charge in [0.25, 0.3) is 0 Å². The number of hydrogen-bond donors (Lipinski definition) is 1. The Labute approximate surface area is 127 Å². The van der Waals surface area contributed by atoms with Crippen LogP contribution in [0.3, 0.4) is 0 Å². The zero-order valence-electron chi connectivity index (χ0n) is 12.5. The Kier molecular flexibility index (Phi) is 3.45. The lowest BCUT2D eigenvalue weighted by Crippen LogP contribution is -2.53. The molecular weight excluding hydrogens is 293 g/mol. The quantitative estimate of drug-likeness (QED) is 0.888. The molecule has 0 aromatic carbocycles. The van der Waals surface area contributed by atoms with Gasteiger partial charge in [-0.05, 0) is 57.6 Å². The molecule has 0 aliphatic heterocycles. The second-order valence-corrected chi connectivity index (χ2v) is 6.65. The molecule has 1 aromatic rings. The highest BCUT2D eigenvalue weighted by molar-refractivity contribution is 5.96. The Morgan fingerprint density at radius 3 is 2.27 bits per heavy atom. The minimum atomic E-state index is -4.16. The fourth-order valence-corrected chi connectivity index (χ4v) is 3.82. The molecule has 2 bridgehead atoms. The largest absolute Gasteiger partial charge is 0.394 e. The van der Waals surface area contributed by atoms with Crippen LogP contribution in [0.4, 0.5) is 18.9 Å². The average molecular weight is 312 g/mol. The van der Waals surface area contributed by atoms with Crippen LogP contribution >= 0.6 is 0 Å².